The summed E-state index contributed by atoms with van der Waals surface area (Å²) in [7, 11) is 0. The molecule has 110 valence electrons. The van der Waals surface area contributed by atoms with Crippen LogP contribution in [0.2, 0.25) is 0 Å². The van der Waals surface area contributed by atoms with Crippen LogP contribution in [0, 0.1) is 5.82 Å². The number of benzene rings is 1. The molecule has 0 unspecified atom stereocenters. The summed E-state index contributed by atoms with van der Waals surface area (Å²) in [6.07, 6.45) is 4.74. The van der Waals surface area contributed by atoms with E-state index < -0.39 is 11.8 Å². The molecule has 0 aliphatic carbocycles. The summed E-state index contributed by atoms with van der Waals surface area (Å²) < 4.78 is 14.3. The van der Waals surface area contributed by atoms with Crippen LogP contribution in [0.4, 0.5) is 4.39 Å². The summed E-state index contributed by atoms with van der Waals surface area (Å²) in [5.74, 6) is -1.23. The van der Waals surface area contributed by atoms with Gasteiger partial charge in [-0.15, -0.1) is 0 Å². The highest BCUT2D eigenvalue weighted by Crippen LogP contribution is 2.08. The second-order valence-corrected chi connectivity index (χ2v) is 4.31. The first kappa shape index (κ1) is 13.7. The van der Waals surface area contributed by atoms with Gasteiger partial charge in [-0.1, -0.05) is 5.16 Å². The van der Waals surface area contributed by atoms with Gasteiger partial charge in [0.2, 0.25) is 0 Å². The molecule has 2 heterocycles. The average Bonchev–Trinajstić information content (AvgIpc) is 2.97. The summed E-state index contributed by atoms with van der Waals surface area (Å²) in [4.78, 5) is 20.6. The summed E-state index contributed by atoms with van der Waals surface area (Å²) in [6.45, 7) is 0. The van der Waals surface area contributed by atoms with Crippen molar-refractivity contribution in [2.45, 2.75) is 0 Å². The molecular weight excluding hydrogens is 289 g/mol. The molecule has 0 atom stereocenters. The Morgan fingerprint density at radius 2 is 2.09 bits per heavy atom. The fourth-order valence-electron chi connectivity index (χ4n) is 1.79. The molecule has 0 bridgehead atoms. The molecule has 22 heavy (non-hydrogen) atoms. The Morgan fingerprint density at radius 3 is 2.86 bits per heavy atom. The van der Waals surface area contributed by atoms with E-state index in [9.17, 15) is 9.18 Å². The Bertz CT molecular complexity index is 857. The number of carbonyl (C=O) groups is 1. The van der Waals surface area contributed by atoms with Crippen molar-refractivity contribution >= 4 is 17.5 Å². The van der Waals surface area contributed by atoms with Gasteiger partial charge in [0.1, 0.15) is 5.82 Å². The van der Waals surface area contributed by atoms with Crippen LogP contribution in [0.5, 0.6) is 0 Å². The van der Waals surface area contributed by atoms with Crippen molar-refractivity contribution in [2.24, 2.45) is 10.9 Å². The number of rotatable bonds is 3. The third-order valence-corrected chi connectivity index (χ3v) is 2.86. The molecule has 0 spiro atoms. The first-order chi connectivity index (χ1) is 10.6. The zero-order valence-electron chi connectivity index (χ0n) is 11.2. The number of hydrogen-bond acceptors (Lipinski definition) is 5. The fraction of sp³-hybridized carbons (Fsp3) is 0. The maximum atomic E-state index is 12.8. The molecule has 2 aromatic heterocycles. The Hall–Kier alpha value is -3.29. The maximum Gasteiger partial charge on any atom is 0.365 e. The van der Waals surface area contributed by atoms with E-state index in [2.05, 4.69) is 15.2 Å². The van der Waals surface area contributed by atoms with Gasteiger partial charge in [0, 0.05) is 12.4 Å². The van der Waals surface area contributed by atoms with E-state index in [1.807, 2.05) is 0 Å². The first-order valence-corrected chi connectivity index (χ1v) is 6.24. The standard InChI is InChI=1S/C14H10FN5O2/c15-10-4-2-9(3-5-10)14(21)22-19-12(16)11-8-18-20-7-1-6-17-13(11)20/h1-8H,(H2,16,19). The van der Waals surface area contributed by atoms with Gasteiger partial charge >= 0.3 is 5.97 Å². The smallest absolute Gasteiger partial charge is 0.365 e. The molecule has 0 saturated heterocycles. The molecule has 7 nitrogen and oxygen atoms in total. The van der Waals surface area contributed by atoms with Crippen LogP contribution in [0.15, 0.2) is 54.1 Å². The molecule has 0 fully saturated rings. The second kappa shape index (κ2) is 5.60. The summed E-state index contributed by atoms with van der Waals surface area (Å²) in [5, 5.41) is 7.62. The van der Waals surface area contributed by atoms with E-state index in [0.29, 0.717) is 11.2 Å². The Morgan fingerprint density at radius 1 is 1.32 bits per heavy atom. The van der Waals surface area contributed by atoms with Gasteiger partial charge in [-0.05, 0) is 30.3 Å². The highest BCUT2D eigenvalue weighted by Gasteiger charge is 2.11. The molecular formula is C14H10FN5O2. The minimum Gasteiger partial charge on any atom is -0.380 e. The minimum atomic E-state index is -0.743. The molecule has 8 heteroatoms. The van der Waals surface area contributed by atoms with Gasteiger partial charge in [0.25, 0.3) is 0 Å². The molecule has 0 aliphatic rings. The second-order valence-electron chi connectivity index (χ2n) is 4.31. The quantitative estimate of drug-likeness (QED) is 0.341. The lowest BCUT2D eigenvalue weighted by atomic mass is 10.2. The lowest BCUT2D eigenvalue weighted by Gasteiger charge is -2.00. The van der Waals surface area contributed by atoms with Gasteiger partial charge < -0.3 is 10.6 Å². The van der Waals surface area contributed by atoms with E-state index in [0.717, 1.165) is 12.1 Å². The van der Waals surface area contributed by atoms with E-state index in [4.69, 9.17) is 10.6 Å². The molecule has 0 radical (unpaired) electrons. The normalized spacial score (nSPS) is 11.6. The first-order valence-electron chi connectivity index (χ1n) is 6.24. The Labute approximate surface area is 123 Å². The van der Waals surface area contributed by atoms with Gasteiger partial charge in [0.15, 0.2) is 11.5 Å². The predicted octanol–water partition coefficient (Wildman–Crippen LogP) is 1.35. The van der Waals surface area contributed by atoms with Crippen molar-refractivity contribution in [3.8, 4) is 0 Å². The SMILES string of the molecule is N/C(=N\OC(=O)c1ccc(F)cc1)c1cnn2cccnc12. The summed E-state index contributed by atoms with van der Waals surface area (Å²) in [6, 6.07) is 6.60. The summed E-state index contributed by atoms with van der Waals surface area (Å²) in [5.41, 5.74) is 6.86. The van der Waals surface area contributed by atoms with E-state index >= 15 is 0 Å². The van der Waals surface area contributed by atoms with Gasteiger partial charge in [0.05, 0.1) is 17.3 Å². The number of carbonyl (C=O) groups excluding carboxylic acids is 1. The maximum absolute atomic E-state index is 12.8. The van der Waals surface area contributed by atoms with Crippen LogP contribution in [0.1, 0.15) is 15.9 Å². The van der Waals surface area contributed by atoms with Crippen LogP contribution in [-0.2, 0) is 4.84 Å². The lowest BCUT2D eigenvalue weighted by molar-refractivity contribution is 0.0516. The highest BCUT2D eigenvalue weighted by molar-refractivity contribution is 6.02. The zero-order chi connectivity index (χ0) is 15.5. The molecule has 2 N–H and O–H groups in total. The third kappa shape index (κ3) is 2.62. The van der Waals surface area contributed by atoms with Crippen molar-refractivity contribution in [1.82, 2.24) is 14.6 Å². The van der Waals surface area contributed by atoms with Crippen molar-refractivity contribution in [3.05, 3.63) is 65.9 Å². The molecule has 3 aromatic rings. The number of oxime groups is 1. The van der Waals surface area contributed by atoms with Crippen molar-refractivity contribution < 1.29 is 14.0 Å². The molecule has 0 aliphatic heterocycles. The number of amidine groups is 1. The van der Waals surface area contributed by atoms with Crippen LogP contribution in [-0.4, -0.2) is 26.4 Å². The molecule has 0 saturated carbocycles. The fourth-order valence-corrected chi connectivity index (χ4v) is 1.79. The van der Waals surface area contributed by atoms with Gasteiger partial charge in [-0.3, -0.25) is 0 Å². The highest BCUT2D eigenvalue weighted by atomic mass is 19.1. The average molecular weight is 299 g/mol. The Balaban J connectivity index is 1.80. The lowest BCUT2D eigenvalue weighted by Crippen LogP contribution is -2.15. The monoisotopic (exact) mass is 299 g/mol. The Kier molecular flexibility index (Phi) is 3.48. The van der Waals surface area contributed by atoms with E-state index in [1.54, 1.807) is 18.5 Å². The zero-order valence-corrected chi connectivity index (χ0v) is 11.2. The van der Waals surface area contributed by atoms with Gasteiger partial charge in [-0.2, -0.15) is 5.10 Å². The number of nitrogens with two attached hydrogens (primary N) is 1. The molecule has 0 amide bonds. The summed E-state index contributed by atoms with van der Waals surface area (Å²) >= 11 is 0. The van der Waals surface area contributed by atoms with Gasteiger partial charge in [-0.25, -0.2) is 18.7 Å². The van der Waals surface area contributed by atoms with Crippen molar-refractivity contribution in [1.29, 1.82) is 0 Å². The number of aromatic nitrogens is 3. The molecule has 3 rings (SSSR count). The van der Waals surface area contributed by atoms with Crippen molar-refractivity contribution in [2.75, 3.05) is 0 Å². The number of nitrogens with zero attached hydrogens (tertiary/aromatic N) is 4. The van der Waals surface area contributed by atoms with Crippen molar-refractivity contribution in [3.63, 3.8) is 0 Å². The number of halogens is 1. The topological polar surface area (TPSA) is 94.9 Å². The number of fused-ring (bicyclic) bond motifs is 1. The number of hydrogen-bond donors (Lipinski definition) is 1. The van der Waals surface area contributed by atoms with Crippen LogP contribution < -0.4 is 5.73 Å². The van der Waals surface area contributed by atoms with Crippen LogP contribution >= 0.6 is 0 Å². The predicted molar refractivity (Wildman–Crippen MR) is 75.5 cm³/mol. The van der Waals surface area contributed by atoms with Crippen LogP contribution in [0.3, 0.4) is 0 Å². The van der Waals surface area contributed by atoms with E-state index in [-0.39, 0.29) is 11.4 Å². The van der Waals surface area contributed by atoms with Crippen LogP contribution in [0.25, 0.3) is 5.65 Å². The largest absolute Gasteiger partial charge is 0.380 e. The van der Waals surface area contributed by atoms with E-state index in [1.165, 1.54) is 22.8 Å². The minimum absolute atomic E-state index is 0.0378. The third-order valence-electron chi connectivity index (χ3n) is 2.86. The molecule has 1 aromatic carbocycles.